The molecular weight excluding hydrogens is 596 g/mol. The molecule has 2 aromatic rings. The molecule has 1 amide bonds. The molecule has 2 N–H and O–H groups in total. The number of hydrogen-bond acceptors (Lipinski definition) is 5. The largest absolute Gasteiger partial charge is 0.490 e. The van der Waals surface area contributed by atoms with Gasteiger partial charge in [-0.1, -0.05) is 19.4 Å². The first-order chi connectivity index (χ1) is 16.4. The van der Waals surface area contributed by atoms with Crippen molar-refractivity contribution in [3.05, 3.63) is 46.8 Å². The summed E-state index contributed by atoms with van der Waals surface area (Å²) in [6.45, 7) is 3.66. The lowest BCUT2D eigenvalue weighted by Gasteiger charge is -2.40. The topological polar surface area (TPSA) is 91.7 Å². The number of ketones is 1. The van der Waals surface area contributed by atoms with E-state index in [2.05, 4.69) is 0 Å². The highest BCUT2D eigenvalue weighted by Gasteiger charge is 2.65. The van der Waals surface area contributed by atoms with Gasteiger partial charge in [-0.2, -0.15) is 0 Å². The zero-order valence-corrected chi connectivity index (χ0v) is 22.3. The fraction of sp³-hybridized carbons (Fsp3) is 0.318. The highest BCUT2D eigenvalue weighted by molar-refractivity contribution is 8.93. The van der Waals surface area contributed by atoms with Gasteiger partial charge in [-0.25, -0.2) is 4.39 Å². The lowest BCUT2D eigenvalue weighted by Crippen LogP contribution is -2.30. The molecule has 0 unspecified atom stereocenters. The van der Waals surface area contributed by atoms with E-state index in [0.717, 1.165) is 17.9 Å². The predicted molar refractivity (Wildman–Crippen MR) is 133 cm³/mol. The Morgan fingerprint density at radius 3 is 2.22 bits per heavy atom. The Kier molecular flexibility index (Phi) is 7.97. The van der Waals surface area contributed by atoms with Crippen LogP contribution in [0.3, 0.4) is 0 Å². The Morgan fingerprint density at radius 1 is 1.05 bits per heavy atom. The van der Waals surface area contributed by atoms with Gasteiger partial charge < -0.3 is 19.7 Å². The number of halogens is 7. The Bertz CT molecular complexity index is 1270. The van der Waals surface area contributed by atoms with Gasteiger partial charge >= 0.3 is 10.2 Å². The van der Waals surface area contributed by atoms with Gasteiger partial charge in [0.1, 0.15) is 10.7 Å². The highest BCUT2D eigenvalue weighted by atomic mass is 79.9. The van der Waals surface area contributed by atoms with Gasteiger partial charge in [-0.3, -0.25) is 15.0 Å². The summed E-state index contributed by atoms with van der Waals surface area (Å²) in [4.78, 5) is 22.9. The van der Waals surface area contributed by atoms with Gasteiger partial charge in [0.2, 0.25) is 5.91 Å². The van der Waals surface area contributed by atoms with Crippen molar-refractivity contribution in [2.45, 2.75) is 32.2 Å². The molecule has 7 nitrogen and oxygen atoms in total. The fourth-order valence-corrected chi connectivity index (χ4v) is 4.38. The minimum atomic E-state index is -10.2. The zero-order chi connectivity index (χ0) is 27.1. The van der Waals surface area contributed by atoms with E-state index in [1.165, 1.54) is 6.07 Å². The number of ether oxygens (including phenoxy) is 2. The van der Waals surface area contributed by atoms with Gasteiger partial charge in [-0.05, 0) is 43.7 Å². The molecule has 1 aliphatic heterocycles. The minimum absolute atomic E-state index is 0. The summed E-state index contributed by atoms with van der Waals surface area (Å²) >= 11 is 0. The average Bonchev–Trinajstić information content (AvgIpc) is 3.04. The predicted octanol–water partition coefficient (Wildman–Crippen LogP) is 6.84. The van der Waals surface area contributed by atoms with E-state index in [4.69, 9.17) is 14.9 Å². The van der Waals surface area contributed by atoms with E-state index < -0.39 is 56.3 Å². The second kappa shape index (κ2) is 9.74. The monoisotopic (exact) mass is 619 g/mol. The maximum atomic E-state index is 15.2. The van der Waals surface area contributed by atoms with Crippen LogP contribution in [-0.2, 0) is 11.3 Å². The van der Waals surface area contributed by atoms with E-state index in [0.29, 0.717) is 0 Å². The second-order valence-corrected chi connectivity index (χ2v) is 10.4. The van der Waals surface area contributed by atoms with Crippen molar-refractivity contribution in [2.75, 3.05) is 25.1 Å². The number of fused-ring (bicyclic) bond motifs is 1. The molecule has 0 aliphatic carbocycles. The number of carbonyl (C=O) groups excluding carboxylic acids is 2. The Hall–Kier alpha value is -2.94. The Labute approximate surface area is 219 Å². The van der Waals surface area contributed by atoms with E-state index in [1.807, 2.05) is 5.32 Å². The molecule has 0 radical (unpaired) electrons. The SMILES string of the molecule is Br.CCOc1cc2c(c(F)c1OCC)C(=N)N(CC(=O)c1cc(NC(C)=O)cc(S(F)(F)(F)(F)F)c1)C2. The third-order valence-corrected chi connectivity index (χ3v) is 6.23. The van der Waals surface area contributed by atoms with E-state index in [1.54, 1.807) is 13.8 Å². The summed E-state index contributed by atoms with van der Waals surface area (Å²) in [6, 6.07) is 2.32. The van der Waals surface area contributed by atoms with Crippen LogP contribution in [0.25, 0.3) is 0 Å². The molecule has 206 valence electrons. The quantitative estimate of drug-likeness (QED) is 0.237. The number of nitrogens with one attached hydrogen (secondary N) is 2. The van der Waals surface area contributed by atoms with Crippen LogP contribution in [0.5, 0.6) is 11.5 Å². The summed E-state index contributed by atoms with van der Waals surface area (Å²) < 4.78 is 93.2. The molecule has 0 fully saturated rings. The van der Waals surface area contributed by atoms with Gasteiger partial charge in [0.05, 0.1) is 25.3 Å². The van der Waals surface area contributed by atoms with Crippen LogP contribution in [-0.4, -0.2) is 42.2 Å². The molecule has 15 heteroatoms. The molecule has 0 saturated heterocycles. The number of carbonyl (C=O) groups is 2. The third-order valence-electron chi connectivity index (χ3n) is 5.10. The Morgan fingerprint density at radius 2 is 1.68 bits per heavy atom. The third kappa shape index (κ3) is 6.69. The zero-order valence-electron chi connectivity index (χ0n) is 19.8. The van der Waals surface area contributed by atoms with Crippen LogP contribution >= 0.6 is 27.2 Å². The van der Waals surface area contributed by atoms with Crippen molar-refractivity contribution < 1.29 is 42.9 Å². The van der Waals surface area contributed by atoms with Crippen molar-refractivity contribution >= 4 is 50.4 Å². The number of anilines is 1. The number of rotatable bonds is 9. The molecular formula is C22H24BrF6N3O4S. The maximum Gasteiger partial charge on any atom is 0.310 e. The van der Waals surface area contributed by atoms with Gasteiger partial charge in [-0.15, -0.1) is 17.0 Å². The number of Topliss-reactive ketones (excluding diaryl/α,β-unsaturated/α-hetero) is 1. The summed E-state index contributed by atoms with van der Waals surface area (Å²) in [5.41, 5.74) is -1.31. The molecule has 0 saturated carbocycles. The van der Waals surface area contributed by atoms with Crippen molar-refractivity contribution in [2.24, 2.45) is 0 Å². The van der Waals surface area contributed by atoms with Crippen LogP contribution in [0.2, 0.25) is 0 Å². The molecule has 2 aromatic carbocycles. The summed E-state index contributed by atoms with van der Waals surface area (Å²) in [5, 5.41) is 10.3. The maximum absolute atomic E-state index is 15.2. The minimum Gasteiger partial charge on any atom is -0.490 e. The van der Waals surface area contributed by atoms with Crippen LogP contribution in [0, 0.1) is 11.2 Å². The lowest BCUT2D eigenvalue weighted by atomic mass is 10.1. The summed E-state index contributed by atoms with van der Waals surface area (Å²) in [6.07, 6.45) is 0. The summed E-state index contributed by atoms with van der Waals surface area (Å²) in [7, 11) is -10.2. The average molecular weight is 620 g/mol. The van der Waals surface area contributed by atoms with Crippen LogP contribution < -0.4 is 14.8 Å². The van der Waals surface area contributed by atoms with Gasteiger partial charge in [0, 0.05) is 24.7 Å². The van der Waals surface area contributed by atoms with Gasteiger partial charge in [0.15, 0.2) is 23.1 Å². The number of benzene rings is 2. The first-order valence-corrected chi connectivity index (χ1v) is 12.5. The second-order valence-electron chi connectivity index (χ2n) is 7.94. The molecule has 1 aliphatic rings. The van der Waals surface area contributed by atoms with E-state index in [-0.39, 0.29) is 71.5 Å². The first-order valence-electron chi connectivity index (χ1n) is 10.6. The standard InChI is InChI=1S/C22H23F6N3O4S.BrH/c1-4-34-18-8-14-10-31(22(29)19(14)20(23)21(18)35-5-2)11-17(33)13-6-15(30-12(3)32)9-16(7-13)36(24,25,26,27)28;/h6-9,29H,4-5,10-11H2,1-3H3,(H,30,32);1H. The molecule has 1 heterocycles. The van der Waals surface area contributed by atoms with Gasteiger partial charge in [0.25, 0.3) is 0 Å². The summed E-state index contributed by atoms with van der Waals surface area (Å²) in [5.74, 6) is -3.37. The molecule has 0 aromatic heterocycles. The molecule has 3 rings (SSSR count). The Balaban J connectivity index is 0.00000481. The molecule has 37 heavy (non-hydrogen) atoms. The number of amidine groups is 1. The van der Waals surface area contributed by atoms with Crippen molar-refractivity contribution in [1.82, 2.24) is 4.90 Å². The van der Waals surface area contributed by atoms with E-state index >= 15 is 4.39 Å². The number of nitrogens with zero attached hydrogens (tertiary/aromatic N) is 1. The van der Waals surface area contributed by atoms with Crippen molar-refractivity contribution in [3.63, 3.8) is 0 Å². The van der Waals surface area contributed by atoms with Crippen LogP contribution in [0.15, 0.2) is 29.2 Å². The fourth-order valence-electron chi connectivity index (χ4n) is 3.68. The van der Waals surface area contributed by atoms with Crippen LogP contribution in [0.4, 0.5) is 29.5 Å². The lowest BCUT2D eigenvalue weighted by molar-refractivity contribution is -0.114. The van der Waals surface area contributed by atoms with Crippen molar-refractivity contribution in [3.8, 4) is 11.5 Å². The number of hydrogen-bond donors (Lipinski definition) is 2. The molecule has 0 bridgehead atoms. The van der Waals surface area contributed by atoms with Crippen molar-refractivity contribution in [1.29, 1.82) is 5.41 Å². The molecule has 0 spiro atoms. The van der Waals surface area contributed by atoms with E-state index in [9.17, 15) is 29.0 Å². The molecule has 0 atom stereocenters. The number of amides is 1. The van der Waals surface area contributed by atoms with Crippen LogP contribution in [0.1, 0.15) is 42.3 Å². The normalized spacial score (nSPS) is 14.7. The smallest absolute Gasteiger partial charge is 0.310 e. The highest BCUT2D eigenvalue weighted by Crippen LogP contribution is 3.02. The first kappa shape index (κ1) is 30.3.